The van der Waals surface area contributed by atoms with Gasteiger partial charge in [0.15, 0.2) is 0 Å². The van der Waals surface area contributed by atoms with Gasteiger partial charge in [0.2, 0.25) is 5.95 Å². The van der Waals surface area contributed by atoms with Gasteiger partial charge >= 0.3 is 0 Å². The molecule has 0 aliphatic carbocycles. The Kier molecular flexibility index (Phi) is 3.76. The minimum atomic E-state index is -0.335. The van der Waals surface area contributed by atoms with E-state index in [1.54, 1.807) is 16.7 Å². The first-order valence-electron chi connectivity index (χ1n) is 8.13. The fourth-order valence-electron chi connectivity index (χ4n) is 2.85. The first-order chi connectivity index (χ1) is 12.5. The molecule has 0 fully saturated rings. The molecule has 26 heavy (non-hydrogen) atoms. The molecular weight excluding hydrogens is 331 g/mol. The van der Waals surface area contributed by atoms with Crippen molar-refractivity contribution in [1.82, 2.24) is 19.5 Å². The molecule has 4 aromatic rings. The molecule has 4 rings (SSSR count). The number of nitrogens with zero attached hydrogens (tertiary/aromatic N) is 4. The Morgan fingerprint density at radius 3 is 2.50 bits per heavy atom. The Morgan fingerprint density at radius 2 is 1.73 bits per heavy atom. The molecule has 0 saturated heterocycles. The molecule has 6 nitrogen and oxygen atoms in total. The zero-order valence-corrected chi connectivity index (χ0v) is 14.4. The van der Waals surface area contributed by atoms with E-state index in [4.69, 9.17) is 5.73 Å². The first kappa shape index (κ1) is 16.0. The van der Waals surface area contributed by atoms with Gasteiger partial charge in [0.1, 0.15) is 23.3 Å². The molecule has 0 aliphatic heterocycles. The Hall–Kier alpha value is -3.48. The van der Waals surface area contributed by atoms with Crippen LogP contribution in [0.25, 0.3) is 16.9 Å². The molecule has 0 aliphatic rings. The monoisotopic (exact) mass is 348 g/mol. The summed E-state index contributed by atoms with van der Waals surface area (Å²) in [6.07, 6.45) is 0. The maximum Gasteiger partial charge on any atom is 0.231 e. The van der Waals surface area contributed by atoms with Gasteiger partial charge in [-0.05, 0) is 38.1 Å². The average molecular weight is 348 g/mol. The second-order valence-electron chi connectivity index (χ2n) is 6.09. The van der Waals surface area contributed by atoms with Crippen molar-refractivity contribution < 1.29 is 4.39 Å². The van der Waals surface area contributed by atoms with Crippen molar-refractivity contribution in [2.45, 2.75) is 13.8 Å². The molecule has 7 heteroatoms. The van der Waals surface area contributed by atoms with Crippen LogP contribution in [0.2, 0.25) is 0 Å². The molecule has 0 unspecified atom stereocenters. The number of anilines is 3. The van der Waals surface area contributed by atoms with E-state index in [2.05, 4.69) is 20.3 Å². The van der Waals surface area contributed by atoms with E-state index >= 15 is 0 Å². The predicted octanol–water partition coefficient (Wildman–Crippen LogP) is 3.90. The maximum atomic E-state index is 13.7. The Labute approximate surface area is 149 Å². The largest absolute Gasteiger partial charge is 0.383 e. The van der Waals surface area contributed by atoms with Gasteiger partial charge in [-0.15, -0.1) is 0 Å². The van der Waals surface area contributed by atoms with Crippen LogP contribution in [-0.2, 0) is 0 Å². The van der Waals surface area contributed by atoms with Gasteiger partial charge in [0, 0.05) is 17.8 Å². The van der Waals surface area contributed by atoms with Gasteiger partial charge in [-0.3, -0.25) is 4.57 Å². The number of nitrogens with two attached hydrogens (primary N) is 1. The molecule has 0 radical (unpaired) electrons. The Bertz CT molecular complexity index is 1100. The smallest absolute Gasteiger partial charge is 0.231 e. The second kappa shape index (κ2) is 6.11. The lowest BCUT2D eigenvalue weighted by Crippen LogP contribution is -2.07. The molecule has 0 saturated carbocycles. The third-order valence-electron chi connectivity index (χ3n) is 4.05. The molecule has 3 N–H and O–H groups in total. The van der Waals surface area contributed by atoms with Crippen molar-refractivity contribution in [3.63, 3.8) is 0 Å². The summed E-state index contributed by atoms with van der Waals surface area (Å²) in [5.74, 6) is 1.55. The number of nitrogen functional groups attached to an aromatic ring is 1. The third kappa shape index (κ3) is 2.95. The molecule has 130 valence electrons. The number of rotatable bonds is 3. The van der Waals surface area contributed by atoms with Crippen LogP contribution in [0.4, 0.5) is 21.8 Å². The fourth-order valence-corrected chi connectivity index (χ4v) is 2.85. The van der Waals surface area contributed by atoms with E-state index in [0.717, 1.165) is 11.3 Å². The van der Waals surface area contributed by atoms with Crippen LogP contribution in [0, 0.1) is 19.7 Å². The first-order valence-corrected chi connectivity index (χ1v) is 8.13. The lowest BCUT2D eigenvalue weighted by molar-refractivity contribution is 0.629. The molecule has 2 aromatic carbocycles. The Morgan fingerprint density at radius 1 is 0.962 bits per heavy atom. The fraction of sp³-hybridized carbons (Fsp3) is 0.105. The topological polar surface area (TPSA) is 81.6 Å². The van der Waals surface area contributed by atoms with Crippen molar-refractivity contribution in [1.29, 1.82) is 0 Å². The highest BCUT2D eigenvalue weighted by atomic mass is 19.1. The highest BCUT2D eigenvalue weighted by Crippen LogP contribution is 2.23. The van der Waals surface area contributed by atoms with E-state index in [9.17, 15) is 4.39 Å². The van der Waals surface area contributed by atoms with E-state index in [1.807, 2.05) is 38.1 Å². The highest BCUT2D eigenvalue weighted by molar-refractivity contribution is 5.78. The van der Waals surface area contributed by atoms with E-state index in [1.165, 1.54) is 12.1 Å². The predicted molar refractivity (Wildman–Crippen MR) is 100 cm³/mol. The van der Waals surface area contributed by atoms with Crippen LogP contribution in [0.5, 0.6) is 0 Å². The lowest BCUT2D eigenvalue weighted by atomic mass is 10.2. The zero-order valence-electron chi connectivity index (χ0n) is 14.4. The second-order valence-corrected chi connectivity index (χ2v) is 6.09. The zero-order chi connectivity index (χ0) is 18.3. The van der Waals surface area contributed by atoms with Gasteiger partial charge in [0.25, 0.3) is 0 Å². The molecule has 2 heterocycles. The number of imidazole rings is 1. The number of benzene rings is 2. The van der Waals surface area contributed by atoms with Crippen molar-refractivity contribution in [3.8, 4) is 5.82 Å². The van der Waals surface area contributed by atoms with Crippen molar-refractivity contribution in [2.75, 3.05) is 11.1 Å². The number of hydrogen-bond acceptors (Lipinski definition) is 5. The summed E-state index contributed by atoms with van der Waals surface area (Å²) in [5, 5.41) is 3.14. The normalized spacial score (nSPS) is 11.0. The number of aromatic nitrogens is 4. The van der Waals surface area contributed by atoms with E-state index in [0.29, 0.717) is 34.4 Å². The van der Waals surface area contributed by atoms with Gasteiger partial charge in [-0.2, -0.15) is 9.97 Å². The number of halogens is 1. The van der Waals surface area contributed by atoms with E-state index in [-0.39, 0.29) is 5.82 Å². The number of fused-ring (bicyclic) bond motifs is 1. The minimum Gasteiger partial charge on any atom is -0.383 e. The van der Waals surface area contributed by atoms with Crippen molar-refractivity contribution in [2.24, 2.45) is 0 Å². The van der Waals surface area contributed by atoms with Crippen LogP contribution in [0.1, 0.15) is 11.4 Å². The summed E-state index contributed by atoms with van der Waals surface area (Å²) < 4.78 is 15.5. The quantitative estimate of drug-likeness (QED) is 0.587. The van der Waals surface area contributed by atoms with Crippen LogP contribution >= 0.6 is 0 Å². The minimum absolute atomic E-state index is 0.308. The van der Waals surface area contributed by atoms with E-state index < -0.39 is 0 Å². The molecular formula is C19H17FN6. The molecule has 0 amide bonds. The summed E-state index contributed by atoms with van der Waals surface area (Å²) in [5.41, 5.74) is 9.30. The third-order valence-corrected chi connectivity index (χ3v) is 4.05. The van der Waals surface area contributed by atoms with Crippen LogP contribution < -0.4 is 11.1 Å². The number of hydrogen-bond donors (Lipinski definition) is 2. The highest BCUT2D eigenvalue weighted by Gasteiger charge is 2.13. The summed E-state index contributed by atoms with van der Waals surface area (Å²) in [7, 11) is 0. The van der Waals surface area contributed by atoms with Crippen molar-refractivity contribution in [3.05, 3.63) is 65.7 Å². The number of aryl methyl sites for hydroxylation is 2. The number of nitrogens with one attached hydrogen (secondary N) is 1. The van der Waals surface area contributed by atoms with Gasteiger partial charge < -0.3 is 11.1 Å². The van der Waals surface area contributed by atoms with Gasteiger partial charge in [-0.25, -0.2) is 9.37 Å². The van der Waals surface area contributed by atoms with Crippen LogP contribution in [-0.4, -0.2) is 19.5 Å². The van der Waals surface area contributed by atoms with Crippen LogP contribution in [0.3, 0.4) is 0 Å². The van der Waals surface area contributed by atoms with Crippen molar-refractivity contribution >= 4 is 28.5 Å². The Balaban J connectivity index is 1.80. The summed E-state index contributed by atoms with van der Waals surface area (Å²) in [6, 6.07) is 14.0. The van der Waals surface area contributed by atoms with Crippen LogP contribution in [0.15, 0.2) is 48.5 Å². The summed E-state index contributed by atoms with van der Waals surface area (Å²) >= 11 is 0. The molecule has 2 aromatic heterocycles. The standard InChI is InChI=1S/C19H17FN6/c1-11-3-6-14(7-4-11)23-19-24-17(21)10-18(25-19)26-12(2)22-15-8-5-13(20)9-16(15)26/h3-10H,1-2H3,(H3,21,23,24,25). The summed E-state index contributed by atoms with van der Waals surface area (Å²) in [6.45, 7) is 3.86. The van der Waals surface area contributed by atoms with Gasteiger partial charge in [-0.1, -0.05) is 17.7 Å². The molecule has 0 spiro atoms. The molecule has 0 bridgehead atoms. The lowest BCUT2D eigenvalue weighted by Gasteiger charge is -2.10. The SMILES string of the molecule is Cc1ccc(Nc2nc(N)cc(-n3c(C)nc4ccc(F)cc43)n2)cc1. The maximum absolute atomic E-state index is 13.7. The molecule has 0 atom stereocenters. The van der Waals surface area contributed by atoms with Gasteiger partial charge in [0.05, 0.1) is 11.0 Å². The summed E-state index contributed by atoms with van der Waals surface area (Å²) in [4.78, 5) is 13.2. The average Bonchev–Trinajstić information content (AvgIpc) is 2.91.